The molecule has 1 aromatic carbocycles. The summed E-state index contributed by atoms with van der Waals surface area (Å²) in [6.45, 7) is 10.4. The smallest absolute Gasteiger partial charge is 0.294 e. The molecule has 2 rings (SSSR count). The molecule has 0 saturated carbocycles. The van der Waals surface area contributed by atoms with Gasteiger partial charge in [0.15, 0.2) is 5.75 Å². The van der Waals surface area contributed by atoms with Crippen molar-refractivity contribution in [3.8, 4) is 11.5 Å². The van der Waals surface area contributed by atoms with Crippen LogP contribution in [0.4, 0.5) is 5.69 Å². The van der Waals surface area contributed by atoms with Gasteiger partial charge in [-0.2, -0.15) is 0 Å². The zero-order valence-corrected chi connectivity index (χ0v) is 16.9. The molecule has 1 aromatic heterocycles. The van der Waals surface area contributed by atoms with E-state index in [1.165, 1.54) is 11.1 Å². The van der Waals surface area contributed by atoms with E-state index in [1.54, 1.807) is 12.1 Å². The van der Waals surface area contributed by atoms with Gasteiger partial charge in [-0.3, -0.25) is 4.79 Å². The molecule has 5 nitrogen and oxygen atoms in total. The Balaban J connectivity index is 2.29. The summed E-state index contributed by atoms with van der Waals surface area (Å²) >= 11 is 0. The van der Waals surface area contributed by atoms with Crippen LogP contribution in [0.25, 0.3) is 10.9 Å². The normalized spacial score (nSPS) is 11.7. The summed E-state index contributed by atoms with van der Waals surface area (Å²) in [5.41, 5.74) is 9.31. The predicted molar refractivity (Wildman–Crippen MR) is 113 cm³/mol. The largest absolute Gasteiger partial charge is 0.485 e. The number of allylic oxidation sites excluding steroid dienone is 3. The number of H-pyrrole nitrogens is 1. The standard InChI is InChI=1S/C22H30N2O3/c1-14(2)7-6-8-16(5)11-12-26-20-18-10-9-17(23)13-19(18)24-22(25)21(20)27-15(3)4/h7,9-11,13,15H,6,8,12,23H2,1-5H3,(H,24,25)/b16-11+. The highest BCUT2D eigenvalue weighted by molar-refractivity contribution is 5.89. The molecule has 0 saturated heterocycles. The van der Waals surface area contributed by atoms with Crippen molar-refractivity contribution in [2.24, 2.45) is 0 Å². The van der Waals surface area contributed by atoms with Crippen molar-refractivity contribution in [3.63, 3.8) is 0 Å². The average molecular weight is 370 g/mol. The van der Waals surface area contributed by atoms with Gasteiger partial charge in [-0.05, 0) is 71.7 Å². The molecule has 0 unspecified atom stereocenters. The van der Waals surface area contributed by atoms with Crippen molar-refractivity contribution < 1.29 is 9.47 Å². The van der Waals surface area contributed by atoms with Crippen molar-refractivity contribution in [2.45, 2.75) is 53.6 Å². The molecule has 2 aromatic rings. The van der Waals surface area contributed by atoms with Crippen LogP contribution in [0.3, 0.4) is 0 Å². The first-order valence-corrected chi connectivity index (χ1v) is 9.32. The second-order valence-corrected chi connectivity index (χ2v) is 7.27. The number of rotatable bonds is 8. The fourth-order valence-corrected chi connectivity index (χ4v) is 2.71. The van der Waals surface area contributed by atoms with E-state index in [0.29, 0.717) is 23.6 Å². The van der Waals surface area contributed by atoms with Gasteiger partial charge in [0.05, 0.1) is 11.6 Å². The van der Waals surface area contributed by atoms with Gasteiger partial charge in [-0.1, -0.05) is 17.2 Å². The molecular weight excluding hydrogens is 340 g/mol. The molecule has 0 spiro atoms. The van der Waals surface area contributed by atoms with Crippen molar-refractivity contribution in [3.05, 3.63) is 51.9 Å². The zero-order valence-electron chi connectivity index (χ0n) is 16.9. The van der Waals surface area contributed by atoms with E-state index in [-0.39, 0.29) is 17.4 Å². The van der Waals surface area contributed by atoms with Gasteiger partial charge in [-0.25, -0.2) is 0 Å². The van der Waals surface area contributed by atoms with Gasteiger partial charge < -0.3 is 20.2 Å². The van der Waals surface area contributed by atoms with Gasteiger partial charge in [-0.15, -0.1) is 0 Å². The Morgan fingerprint density at radius 3 is 2.59 bits per heavy atom. The summed E-state index contributed by atoms with van der Waals surface area (Å²) in [7, 11) is 0. The molecule has 0 aliphatic rings. The quantitative estimate of drug-likeness (QED) is 0.508. The van der Waals surface area contributed by atoms with Crippen molar-refractivity contribution in [1.82, 2.24) is 4.98 Å². The van der Waals surface area contributed by atoms with Gasteiger partial charge in [0.1, 0.15) is 6.61 Å². The van der Waals surface area contributed by atoms with Crippen LogP contribution in [0.15, 0.2) is 46.3 Å². The number of ether oxygens (including phenoxy) is 2. The van der Waals surface area contributed by atoms with Crippen LogP contribution in [0.5, 0.6) is 11.5 Å². The molecule has 0 radical (unpaired) electrons. The lowest BCUT2D eigenvalue weighted by Gasteiger charge is -2.16. The number of aromatic nitrogens is 1. The number of nitrogen functional groups attached to an aromatic ring is 1. The average Bonchev–Trinajstić information content (AvgIpc) is 2.56. The molecule has 0 amide bonds. The molecule has 0 bridgehead atoms. The third-order valence-corrected chi connectivity index (χ3v) is 4.05. The maximum Gasteiger partial charge on any atom is 0.294 e. The van der Waals surface area contributed by atoms with Crippen LogP contribution < -0.4 is 20.8 Å². The minimum absolute atomic E-state index is 0.138. The molecular formula is C22H30N2O3. The first-order valence-electron chi connectivity index (χ1n) is 9.32. The monoisotopic (exact) mass is 370 g/mol. The second kappa shape index (κ2) is 9.31. The summed E-state index contributed by atoms with van der Waals surface area (Å²) in [5.74, 6) is 0.661. The molecule has 27 heavy (non-hydrogen) atoms. The molecule has 146 valence electrons. The summed E-state index contributed by atoms with van der Waals surface area (Å²) in [5, 5.41) is 0.773. The SMILES string of the molecule is CC(C)=CCC/C(C)=C/COc1c(OC(C)C)c(=O)[nH]c2cc(N)ccc12. The maximum atomic E-state index is 12.5. The number of hydrogen-bond donors (Lipinski definition) is 2. The Hall–Kier alpha value is -2.69. The topological polar surface area (TPSA) is 77.3 Å². The van der Waals surface area contributed by atoms with Crippen molar-refractivity contribution >= 4 is 16.6 Å². The summed E-state index contributed by atoms with van der Waals surface area (Å²) in [4.78, 5) is 15.3. The fraction of sp³-hybridized carbons (Fsp3) is 0.409. The van der Waals surface area contributed by atoms with Gasteiger partial charge in [0.2, 0.25) is 5.75 Å². The number of aromatic amines is 1. The highest BCUT2D eigenvalue weighted by atomic mass is 16.5. The Morgan fingerprint density at radius 2 is 1.93 bits per heavy atom. The Labute approximate surface area is 160 Å². The van der Waals surface area contributed by atoms with Crippen LogP contribution in [-0.4, -0.2) is 17.7 Å². The highest BCUT2D eigenvalue weighted by Gasteiger charge is 2.17. The lowest BCUT2D eigenvalue weighted by Crippen LogP contribution is -2.18. The fourth-order valence-electron chi connectivity index (χ4n) is 2.71. The van der Waals surface area contributed by atoms with Crippen LogP contribution in [0, 0.1) is 0 Å². The number of benzene rings is 1. The van der Waals surface area contributed by atoms with Gasteiger partial charge >= 0.3 is 0 Å². The van der Waals surface area contributed by atoms with E-state index in [9.17, 15) is 4.79 Å². The number of nitrogens with two attached hydrogens (primary N) is 1. The van der Waals surface area contributed by atoms with Crippen LogP contribution in [0.1, 0.15) is 47.5 Å². The van der Waals surface area contributed by atoms with Crippen molar-refractivity contribution in [1.29, 1.82) is 0 Å². The number of hydrogen-bond acceptors (Lipinski definition) is 4. The second-order valence-electron chi connectivity index (χ2n) is 7.27. The summed E-state index contributed by atoms with van der Waals surface area (Å²) in [6, 6.07) is 5.35. The molecule has 1 heterocycles. The minimum Gasteiger partial charge on any atom is -0.485 e. The third-order valence-electron chi connectivity index (χ3n) is 4.05. The first kappa shape index (κ1) is 20.6. The number of fused-ring (bicyclic) bond motifs is 1. The molecule has 0 atom stereocenters. The maximum absolute atomic E-state index is 12.5. The van der Waals surface area contributed by atoms with Gasteiger partial charge in [0, 0.05) is 11.1 Å². The van der Waals surface area contributed by atoms with Crippen LogP contribution in [-0.2, 0) is 0 Å². The summed E-state index contributed by atoms with van der Waals surface area (Å²) < 4.78 is 11.7. The van der Waals surface area contributed by atoms with E-state index in [4.69, 9.17) is 15.2 Å². The van der Waals surface area contributed by atoms with E-state index in [1.807, 2.05) is 26.0 Å². The first-order chi connectivity index (χ1) is 12.8. The number of nitrogens with one attached hydrogen (secondary N) is 1. The molecule has 0 aliphatic carbocycles. The lowest BCUT2D eigenvalue weighted by molar-refractivity contribution is 0.224. The lowest BCUT2D eigenvalue weighted by atomic mass is 10.1. The van der Waals surface area contributed by atoms with Crippen LogP contribution >= 0.6 is 0 Å². The van der Waals surface area contributed by atoms with E-state index in [2.05, 4.69) is 31.8 Å². The van der Waals surface area contributed by atoms with E-state index < -0.39 is 0 Å². The molecule has 5 heteroatoms. The molecule has 0 fully saturated rings. The zero-order chi connectivity index (χ0) is 20.0. The van der Waals surface area contributed by atoms with E-state index in [0.717, 1.165) is 18.2 Å². The van der Waals surface area contributed by atoms with Gasteiger partial charge in [0.25, 0.3) is 5.56 Å². The number of anilines is 1. The third kappa shape index (κ3) is 5.91. The number of pyridine rings is 1. The Bertz CT molecular complexity index is 904. The molecule has 3 N–H and O–H groups in total. The predicted octanol–water partition coefficient (Wildman–Crippen LogP) is 4.97. The van der Waals surface area contributed by atoms with Crippen LogP contribution in [0.2, 0.25) is 0 Å². The highest BCUT2D eigenvalue weighted by Crippen LogP contribution is 2.33. The molecule has 0 aliphatic heterocycles. The van der Waals surface area contributed by atoms with E-state index >= 15 is 0 Å². The van der Waals surface area contributed by atoms with Crippen molar-refractivity contribution in [2.75, 3.05) is 12.3 Å². The summed E-state index contributed by atoms with van der Waals surface area (Å²) in [6.07, 6.45) is 6.13. The Morgan fingerprint density at radius 1 is 1.19 bits per heavy atom. The Kier molecular flexibility index (Phi) is 7.11. The minimum atomic E-state index is -0.318.